The number of carbonyl (C=O) groups is 3. The summed E-state index contributed by atoms with van der Waals surface area (Å²) in [4.78, 5) is 50.6. The molecule has 1 heterocycles. The summed E-state index contributed by atoms with van der Waals surface area (Å²) in [5.41, 5.74) is 0.105. The van der Waals surface area contributed by atoms with Crippen molar-refractivity contribution in [3.8, 4) is 0 Å². The van der Waals surface area contributed by atoms with Gasteiger partial charge in [0, 0.05) is 10.5 Å². The molecule has 1 fully saturated rings. The molecular weight excluding hydrogens is 466 g/mol. The summed E-state index contributed by atoms with van der Waals surface area (Å²) in [5, 5.41) is 13.4. The minimum Gasteiger partial charge on any atom is -0.272 e. The van der Waals surface area contributed by atoms with Gasteiger partial charge in [-0.05, 0) is 36.6 Å². The van der Waals surface area contributed by atoms with Crippen LogP contribution in [-0.2, 0) is 16.1 Å². The summed E-state index contributed by atoms with van der Waals surface area (Å²) in [7, 11) is 0. The molecule has 0 unspecified atom stereocenters. The molecule has 1 aliphatic carbocycles. The fourth-order valence-corrected chi connectivity index (χ4v) is 4.23. The maximum atomic E-state index is 13.5. The van der Waals surface area contributed by atoms with E-state index in [0.29, 0.717) is 18.4 Å². The monoisotopic (exact) mass is 483 g/mol. The predicted molar refractivity (Wildman–Crippen MR) is 114 cm³/mol. The fraction of sp³-hybridized carbons (Fsp3) is 0.227. The van der Waals surface area contributed by atoms with Crippen LogP contribution < -0.4 is 0 Å². The Kier molecular flexibility index (Phi) is 5.69. The number of hydrogen-bond donors (Lipinski definition) is 0. The molecule has 3 amide bonds. The lowest BCUT2D eigenvalue weighted by Crippen LogP contribution is -2.49. The first-order valence-electron chi connectivity index (χ1n) is 9.71. The zero-order chi connectivity index (χ0) is 22.1. The van der Waals surface area contributed by atoms with E-state index in [2.05, 4.69) is 15.9 Å². The summed E-state index contributed by atoms with van der Waals surface area (Å²) in [6, 6.07) is 12.6. The van der Waals surface area contributed by atoms with Crippen molar-refractivity contribution in [3.05, 3.63) is 86.4 Å². The SMILES string of the molecule is O=C(c1ccccc1[N+](=O)[O-])N(Cc1ccc(Br)cc1)N1C(=O)[C@H]2CC=CC[C@@H]2C1=O. The van der Waals surface area contributed by atoms with Crippen molar-refractivity contribution in [2.24, 2.45) is 11.8 Å². The van der Waals surface area contributed by atoms with Crippen LogP contribution in [0.2, 0.25) is 0 Å². The maximum Gasteiger partial charge on any atom is 0.282 e. The lowest BCUT2D eigenvalue weighted by Gasteiger charge is -2.30. The molecule has 1 saturated heterocycles. The van der Waals surface area contributed by atoms with E-state index >= 15 is 0 Å². The van der Waals surface area contributed by atoms with Gasteiger partial charge in [-0.1, -0.05) is 52.3 Å². The van der Waals surface area contributed by atoms with Crippen molar-refractivity contribution in [1.29, 1.82) is 0 Å². The highest BCUT2D eigenvalue weighted by molar-refractivity contribution is 9.10. The van der Waals surface area contributed by atoms with Crippen LogP contribution in [0.1, 0.15) is 28.8 Å². The number of halogens is 1. The highest BCUT2D eigenvalue weighted by Gasteiger charge is 2.51. The topological polar surface area (TPSA) is 101 Å². The molecule has 0 N–H and O–H groups in total. The Labute approximate surface area is 186 Å². The summed E-state index contributed by atoms with van der Waals surface area (Å²) >= 11 is 3.35. The molecular formula is C22H18BrN3O5. The number of hydrazine groups is 1. The predicted octanol–water partition coefficient (Wildman–Crippen LogP) is 3.87. The molecule has 2 aromatic carbocycles. The van der Waals surface area contributed by atoms with Gasteiger partial charge >= 0.3 is 0 Å². The van der Waals surface area contributed by atoms with Gasteiger partial charge in [-0.15, -0.1) is 0 Å². The Bertz CT molecular complexity index is 1070. The maximum absolute atomic E-state index is 13.5. The molecule has 0 radical (unpaired) electrons. The molecule has 0 spiro atoms. The average Bonchev–Trinajstić information content (AvgIpc) is 3.03. The first kappa shape index (κ1) is 20.9. The van der Waals surface area contributed by atoms with Crippen molar-refractivity contribution in [3.63, 3.8) is 0 Å². The van der Waals surface area contributed by atoms with Crippen LogP contribution in [0, 0.1) is 22.0 Å². The number of amides is 3. The number of rotatable bonds is 5. The Morgan fingerprint density at radius 2 is 1.61 bits per heavy atom. The van der Waals surface area contributed by atoms with Crippen molar-refractivity contribution >= 4 is 39.3 Å². The molecule has 0 saturated carbocycles. The Morgan fingerprint density at radius 1 is 1.03 bits per heavy atom. The second kappa shape index (κ2) is 8.43. The quantitative estimate of drug-likeness (QED) is 0.278. The molecule has 8 nitrogen and oxygen atoms in total. The molecule has 31 heavy (non-hydrogen) atoms. The molecule has 2 aliphatic rings. The molecule has 2 aromatic rings. The highest BCUT2D eigenvalue weighted by atomic mass is 79.9. The minimum absolute atomic E-state index is 0.0808. The van der Waals surface area contributed by atoms with Gasteiger partial charge < -0.3 is 0 Å². The van der Waals surface area contributed by atoms with E-state index in [1.165, 1.54) is 24.3 Å². The third-order valence-electron chi connectivity index (χ3n) is 5.54. The van der Waals surface area contributed by atoms with Crippen molar-refractivity contribution in [1.82, 2.24) is 10.0 Å². The number of hydrogen-bond acceptors (Lipinski definition) is 5. The van der Waals surface area contributed by atoms with Gasteiger partial charge in [0.1, 0.15) is 5.56 Å². The Balaban J connectivity index is 1.76. The number of imide groups is 1. The fourth-order valence-electron chi connectivity index (χ4n) is 3.97. The third kappa shape index (κ3) is 3.88. The number of fused-ring (bicyclic) bond motifs is 1. The second-order valence-corrected chi connectivity index (χ2v) is 8.32. The van der Waals surface area contributed by atoms with E-state index in [-0.39, 0.29) is 17.8 Å². The van der Waals surface area contributed by atoms with E-state index < -0.39 is 34.5 Å². The molecule has 158 valence electrons. The van der Waals surface area contributed by atoms with Gasteiger partial charge in [0.2, 0.25) is 0 Å². The smallest absolute Gasteiger partial charge is 0.272 e. The number of benzene rings is 2. The van der Waals surface area contributed by atoms with Crippen LogP contribution in [0.15, 0.2) is 65.2 Å². The molecule has 0 aromatic heterocycles. The van der Waals surface area contributed by atoms with Gasteiger partial charge in [-0.2, -0.15) is 5.01 Å². The first-order chi connectivity index (χ1) is 14.9. The van der Waals surface area contributed by atoms with Crippen molar-refractivity contribution < 1.29 is 19.3 Å². The summed E-state index contributed by atoms with van der Waals surface area (Å²) in [6.45, 7) is -0.0808. The van der Waals surface area contributed by atoms with Crippen LogP contribution in [0.5, 0.6) is 0 Å². The van der Waals surface area contributed by atoms with Gasteiger partial charge in [0.05, 0.1) is 23.3 Å². The van der Waals surface area contributed by atoms with Gasteiger partial charge in [-0.25, -0.2) is 5.01 Å². The third-order valence-corrected chi connectivity index (χ3v) is 6.07. The lowest BCUT2D eigenvalue weighted by molar-refractivity contribution is -0.385. The van der Waals surface area contributed by atoms with E-state index in [1.54, 1.807) is 24.3 Å². The van der Waals surface area contributed by atoms with Crippen LogP contribution in [-0.4, -0.2) is 32.7 Å². The Hall–Kier alpha value is -3.33. The minimum atomic E-state index is -0.775. The average molecular weight is 484 g/mol. The Morgan fingerprint density at radius 3 is 2.19 bits per heavy atom. The summed E-state index contributed by atoms with van der Waals surface area (Å²) < 4.78 is 0.832. The second-order valence-electron chi connectivity index (χ2n) is 7.41. The highest BCUT2D eigenvalue weighted by Crippen LogP contribution is 2.37. The molecule has 2 atom stereocenters. The van der Waals surface area contributed by atoms with Crippen molar-refractivity contribution in [2.75, 3.05) is 0 Å². The number of nitro benzene ring substituents is 1. The van der Waals surface area contributed by atoms with Crippen LogP contribution in [0.3, 0.4) is 0 Å². The molecule has 9 heteroatoms. The normalized spacial score (nSPS) is 20.0. The largest absolute Gasteiger partial charge is 0.282 e. The first-order valence-corrected chi connectivity index (χ1v) is 10.5. The zero-order valence-electron chi connectivity index (χ0n) is 16.3. The van der Waals surface area contributed by atoms with Gasteiger partial charge in [0.15, 0.2) is 0 Å². The van der Waals surface area contributed by atoms with Crippen LogP contribution in [0.25, 0.3) is 0 Å². The van der Waals surface area contributed by atoms with Crippen LogP contribution in [0.4, 0.5) is 5.69 Å². The molecule has 4 rings (SSSR count). The van der Waals surface area contributed by atoms with E-state index in [1.807, 2.05) is 12.2 Å². The number of para-hydroxylation sites is 1. The molecule has 1 aliphatic heterocycles. The van der Waals surface area contributed by atoms with Crippen LogP contribution >= 0.6 is 15.9 Å². The number of allylic oxidation sites excluding steroid dienone is 2. The molecule has 0 bridgehead atoms. The van der Waals surface area contributed by atoms with E-state index in [9.17, 15) is 24.5 Å². The van der Waals surface area contributed by atoms with Gasteiger partial charge in [-0.3, -0.25) is 24.5 Å². The van der Waals surface area contributed by atoms with Crippen molar-refractivity contribution in [2.45, 2.75) is 19.4 Å². The number of nitro groups is 1. The lowest BCUT2D eigenvalue weighted by atomic mass is 9.85. The van der Waals surface area contributed by atoms with E-state index in [4.69, 9.17) is 0 Å². The van der Waals surface area contributed by atoms with E-state index in [0.717, 1.165) is 14.5 Å². The van der Waals surface area contributed by atoms with Gasteiger partial charge in [0.25, 0.3) is 23.4 Å². The standard InChI is InChI=1S/C22H18BrN3O5/c23-15-11-9-14(10-12-15)13-24(20(27)18-7-3-4-8-19(18)26(30)31)25-21(28)16-5-1-2-6-17(16)22(25)29/h1-4,7-12,16-17H,5-6,13H2/t16-,17-/m0/s1. The summed E-state index contributed by atoms with van der Waals surface area (Å²) in [6.07, 6.45) is 4.58. The summed E-state index contributed by atoms with van der Waals surface area (Å²) in [5.74, 6) is -2.73. The number of nitrogens with zero attached hydrogens (tertiary/aromatic N) is 3. The zero-order valence-corrected chi connectivity index (χ0v) is 17.9. The number of carbonyl (C=O) groups excluding carboxylic acids is 3.